The first-order valence-corrected chi connectivity index (χ1v) is 8.97. The maximum atomic E-state index is 12.2. The minimum Gasteiger partial charge on any atom is -0.493 e. The third kappa shape index (κ3) is 4.40. The topological polar surface area (TPSA) is 120 Å². The molecule has 9 nitrogen and oxygen atoms in total. The lowest BCUT2D eigenvalue weighted by Gasteiger charge is -2.09. The molecule has 130 valence electrons. The number of nitrogens with zero attached hydrogens (tertiary/aromatic N) is 2. The smallest absolute Gasteiger partial charge is 0.270 e. The van der Waals surface area contributed by atoms with E-state index in [2.05, 4.69) is 20.2 Å². The molecule has 0 aliphatic rings. The molecule has 11 heteroatoms. The van der Waals surface area contributed by atoms with Gasteiger partial charge >= 0.3 is 0 Å². The van der Waals surface area contributed by atoms with Gasteiger partial charge in [-0.2, -0.15) is 0 Å². The molecule has 0 bridgehead atoms. The minimum absolute atomic E-state index is 0.0394. The summed E-state index contributed by atoms with van der Waals surface area (Å²) in [6.45, 7) is 1.34. The normalized spacial score (nSPS) is 11.1. The van der Waals surface area contributed by atoms with Crippen molar-refractivity contribution in [3.8, 4) is 11.5 Å². The Balaban J connectivity index is 2.10. The number of carbonyl (C=O) groups excluding carboxylic acids is 1. The van der Waals surface area contributed by atoms with Crippen LogP contribution in [0.25, 0.3) is 0 Å². The summed E-state index contributed by atoms with van der Waals surface area (Å²) in [5.41, 5.74) is 0.683. The van der Waals surface area contributed by atoms with E-state index < -0.39 is 10.0 Å². The Kier molecular flexibility index (Phi) is 5.70. The van der Waals surface area contributed by atoms with Gasteiger partial charge in [-0.25, -0.2) is 13.1 Å². The Labute approximate surface area is 143 Å². The highest BCUT2D eigenvalue weighted by atomic mass is 32.2. The van der Waals surface area contributed by atoms with Crippen molar-refractivity contribution >= 4 is 32.4 Å². The lowest BCUT2D eigenvalue weighted by molar-refractivity contribution is -0.114. The summed E-state index contributed by atoms with van der Waals surface area (Å²) in [6.07, 6.45) is 0. The van der Waals surface area contributed by atoms with Crippen molar-refractivity contribution < 1.29 is 22.7 Å². The molecule has 0 spiro atoms. The Morgan fingerprint density at radius 1 is 1.21 bits per heavy atom. The van der Waals surface area contributed by atoms with Crippen molar-refractivity contribution in [2.45, 2.75) is 17.8 Å². The molecule has 2 aromatic rings. The molecule has 0 unspecified atom stereocenters. The molecule has 2 N–H and O–H groups in total. The molecule has 2 rings (SSSR count). The Morgan fingerprint density at radius 3 is 2.54 bits per heavy atom. The summed E-state index contributed by atoms with van der Waals surface area (Å²) in [5.74, 6) is 0.694. The van der Waals surface area contributed by atoms with Crippen LogP contribution in [0.1, 0.15) is 12.5 Å². The number of methoxy groups -OCH3 is 2. The van der Waals surface area contributed by atoms with Crippen molar-refractivity contribution in [1.82, 2.24) is 14.9 Å². The first-order chi connectivity index (χ1) is 11.4. The van der Waals surface area contributed by atoms with E-state index in [1.807, 2.05) is 0 Å². The van der Waals surface area contributed by atoms with Crippen LogP contribution in [0.3, 0.4) is 0 Å². The molecule has 1 aromatic heterocycles. The average molecular weight is 372 g/mol. The zero-order valence-corrected chi connectivity index (χ0v) is 14.8. The number of sulfonamides is 1. The summed E-state index contributed by atoms with van der Waals surface area (Å²) < 4.78 is 36.9. The number of hydrogen-bond donors (Lipinski definition) is 2. The SMILES string of the molecule is COc1ccc(CNS(=O)(=O)c2nnc(NC(C)=O)s2)cc1OC. The van der Waals surface area contributed by atoms with Crippen LogP contribution in [0.4, 0.5) is 5.13 Å². The van der Waals surface area contributed by atoms with Gasteiger partial charge in [-0.15, -0.1) is 10.2 Å². The largest absolute Gasteiger partial charge is 0.493 e. The quantitative estimate of drug-likeness (QED) is 0.696. The van der Waals surface area contributed by atoms with Gasteiger partial charge in [-0.3, -0.25) is 4.79 Å². The molecular formula is C13H16N4O5S2. The van der Waals surface area contributed by atoms with Crippen molar-refractivity contribution in [1.29, 1.82) is 0 Å². The summed E-state index contributed by atoms with van der Waals surface area (Å²) in [4.78, 5) is 10.9. The van der Waals surface area contributed by atoms with Gasteiger partial charge in [0.2, 0.25) is 15.4 Å². The maximum absolute atomic E-state index is 12.2. The number of rotatable bonds is 7. The van der Waals surface area contributed by atoms with Gasteiger partial charge in [0.1, 0.15) is 0 Å². The van der Waals surface area contributed by atoms with Crippen LogP contribution in [0.5, 0.6) is 11.5 Å². The van der Waals surface area contributed by atoms with E-state index in [9.17, 15) is 13.2 Å². The molecular weight excluding hydrogens is 356 g/mol. The molecule has 0 aliphatic heterocycles. The Hall–Kier alpha value is -2.24. The Bertz CT molecular complexity index is 835. The van der Waals surface area contributed by atoms with Gasteiger partial charge in [0.05, 0.1) is 14.2 Å². The number of anilines is 1. The standard InChI is InChI=1S/C13H16N4O5S2/c1-8(18)15-12-16-17-13(23-12)24(19,20)14-7-9-4-5-10(21-2)11(6-9)22-3/h4-6,14H,7H2,1-3H3,(H,15,16,18). The van der Waals surface area contributed by atoms with Crippen LogP contribution in [0.15, 0.2) is 22.5 Å². The second-order valence-corrected chi connectivity index (χ2v) is 7.49. The molecule has 0 aliphatic carbocycles. The maximum Gasteiger partial charge on any atom is 0.270 e. The molecule has 1 aromatic carbocycles. The van der Waals surface area contributed by atoms with Crippen LogP contribution in [-0.2, 0) is 21.4 Å². The van der Waals surface area contributed by atoms with Crippen molar-refractivity contribution in [3.63, 3.8) is 0 Å². The lowest BCUT2D eigenvalue weighted by Crippen LogP contribution is -2.23. The summed E-state index contributed by atoms with van der Waals surface area (Å²) in [5, 5.41) is 9.68. The highest BCUT2D eigenvalue weighted by molar-refractivity contribution is 7.91. The number of hydrogen-bond acceptors (Lipinski definition) is 8. The van der Waals surface area contributed by atoms with Crippen molar-refractivity contribution in [2.75, 3.05) is 19.5 Å². The first-order valence-electron chi connectivity index (χ1n) is 6.67. The van der Waals surface area contributed by atoms with Crippen LogP contribution < -0.4 is 19.5 Å². The lowest BCUT2D eigenvalue weighted by atomic mass is 10.2. The predicted octanol–water partition coefficient (Wildman–Crippen LogP) is 0.992. The van der Waals surface area contributed by atoms with Gasteiger partial charge in [-0.1, -0.05) is 17.4 Å². The van der Waals surface area contributed by atoms with Crippen LogP contribution in [0.2, 0.25) is 0 Å². The van der Waals surface area contributed by atoms with E-state index in [4.69, 9.17) is 9.47 Å². The van der Waals surface area contributed by atoms with Gasteiger partial charge < -0.3 is 14.8 Å². The van der Waals surface area contributed by atoms with E-state index in [1.165, 1.54) is 21.1 Å². The summed E-state index contributed by atoms with van der Waals surface area (Å²) >= 11 is 0.768. The summed E-state index contributed by atoms with van der Waals surface area (Å²) in [6, 6.07) is 5.07. The molecule has 1 heterocycles. The monoisotopic (exact) mass is 372 g/mol. The number of aromatic nitrogens is 2. The van der Waals surface area contributed by atoms with Crippen LogP contribution in [0, 0.1) is 0 Å². The first kappa shape index (κ1) is 18.1. The second kappa shape index (κ2) is 7.55. The molecule has 0 fully saturated rings. The van der Waals surface area contributed by atoms with E-state index in [0.717, 1.165) is 11.3 Å². The highest BCUT2D eigenvalue weighted by Gasteiger charge is 2.20. The van der Waals surface area contributed by atoms with E-state index in [-0.39, 0.29) is 21.9 Å². The minimum atomic E-state index is -3.84. The molecule has 0 saturated heterocycles. The van der Waals surface area contributed by atoms with Crippen molar-refractivity contribution in [3.05, 3.63) is 23.8 Å². The van der Waals surface area contributed by atoms with E-state index in [0.29, 0.717) is 17.1 Å². The van der Waals surface area contributed by atoms with Gasteiger partial charge in [0.15, 0.2) is 11.5 Å². The van der Waals surface area contributed by atoms with Gasteiger partial charge in [-0.05, 0) is 17.7 Å². The second-order valence-electron chi connectivity index (χ2n) is 4.57. The Morgan fingerprint density at radius 2 is 1.92 bits per heavy atom. The fourth-order valence-corrected chi connectivity index (χ4v) is 3.75. The van der Waals surface area contributed by atoms with Gasteiger partial charge in [0.25, 0.3) is 10.0 Å². The van der Waals surface area contributed by atoms with Crippen molar-refractivity contribution in [2.24, 2.45) is 0 Å². The zero-order chi connectivity index (χ0) is 17.7. The number of carbonyl (C=O) groups is 1. The van der Waals surface area contributed by atoms with E-state index >= 15 is 0 Å². The molecule has 0 saturated carbocycles. The zero-order valence-electron chi connectivity index (χ0n) is 13.2. The highest BCUT2D eigenvalue weighted by Crippen LogP contribution is 2.27. The van der Waals surface area contributed by atoms with E-state index in [1.54, 1.807) is 18.2 Å². The molecule has 0 atom stereocenters. The third-order valence-corrected chi connectivity index (χ3v) is 5.44. The van der Waals surface area contributed by atoms with Crippen LogP contribution >= 0.6 is 11.3 Å². The molecule has 24 heavy (non-hydrogen) atoms. The fraction of sp³-hybridized carbons (Fsp3) is 0.308. The number of ether oxygens (including phenoxy) is 2. The molecule has 0 radical (unpaired) electrons. The van der Waals surface area contributed by atoms with Crippen LogP contribution in [-0.4, -0.2) is 38.7 Å². The number of nitrogens with one attached hydrogen (secondary N) is 2. The average Bonchev–Trinajstić information content (AvgIpc) is 3.01. The third-order valence-electron chi connectivity index (χ3n) is 2.83. The fourth-order valence-electron chi connectivity index (χ4n) is 1.75. The predicted molar refractivity (Wildman–Crippen MR) is 87.8 cm³/mol. The number of amides is 1. The summed E-state index contributed by atoms with van der Waals surface area (Å²) in [7, 11) is -0.824. The van der Waals surface area contributed by atoms with Gasteiger partial charge in [0, 0.05) is 13.5 Å². The number of benzene rings is 1. The molecule has 1 amide bonds.